The number of benzene rings is 1. The Bertz CT molecular complexity index is 434. The summed E-state index contributed by atoms with van der Waals surface area (Å²) in [7, 11) is 0. The SMILES string of the molecule is CC1CC(C)CC(N2CC(C)NCC2c2ccccc2)C1. The Labute approximate surface area is 129 Å². The zero-order valence-corrected chi connectivity index (χ0v) is 13.8. The zero-order valence-electron chi connectivity index (χ0n) is 13.8. The molecule has 116 valence electrons. The van der Waals surface area contributed by atoms with Gasteiger partial charge in [0.15, 0.2) is 0 Å². The Hall–Kier alpha value is -0.860. The average molecular weight is 286 g/mol. The van der Waals surface area contributed by atoms with E-state index in [4.69, 9.17) is 0 Å². The molecule has 1 heterocycles. The predicted molar refractivity (Wildman–Crippen MR) is 89.3 cm³/mol. The Balaban J connectivity index is 1.81. The number of hydrogen-bond acceptors (Lipinski definition) is 2. The number of nitrogens with one attached hydrogen (secondary N) is 1. The lowest BCUT2D eigenvalue weighted by Gasteiger charge is -2.47. The van der Waals surface area contributed by atoms with E-state index in [0.717, 1.165) is 24.4 Å². The van der Waals surface area contributed by atoms with Gasteiger partial charge in [0.2, 0.25) is 0 Å². The van der Waals surface area contributed by atoms with Crippen LogP contribution in [-0.4, -0.2) is 30.1 Å². The van der Waals surface area contributed by atoms with Gasteiger partial charge in [-0.05, 0) is 43.6 Å². The van der Waals surface area contributed by atoms with Gasteiger partial charge < -0.3 is 5.32 Å². The first-order chi connectivity index (χ1) is 10.1. The third-order valence-electron chi connectivity index (χ3n) is 5.35. The third-order valence-corrected chi connectivity index (χ3v) is 5.35. The lowest BCUT2D eigenvalue weighted by atomic mass is 9.78. The minimum absolute atomic E-state index is 0.546. The van der Waals surface area contributed by atoms with Crippen LogP contribution in [0, 0.1) is 11.8 Å². The van der Waals surface area contributed by atoms with Crippen molar-refractivity contribution in [1.29, 1.82) is 0 Å². The molecule has 2 nitrogen and oxygen atoms in total. The van der Waals surface area contributed by atoms with Crippen molar-refractivity contribution in [3.63, 3.8) is 0 Å². The van der Waals surface area contributed by atoms with Gasteiger partial charge in [-0.1, -0.05) is 44.2 Å². The molecule has 0 radical (unpaired) electrons. The van der Waals surface area contributed by atoms with E-state index in [9.17, 15) is 0 Å². The topological polar surface area (TPSA) is 15.3 Å². The molecular formula is C19H30N2. The molecule has 2 aliphatic rings. The molecule has 0 amide bonds. The Morgan fingerprint density at radius 2 is 1.62 bits per heavy atom. The van der Waals surface area contributed by atoms with Crippen LogP contribution in [0.5, 0.6) is 0 Å². The van der Waals surface area contributed by atoms with Gasteiger partial charge in [0.1, 0.15) is 0 Å². The summed E-state index contributed by atoms with van der Waals surface area (Å²) in [5.74, 6) is 1.75. The Morgan fingerprint density at radius 1 is 0.952 bits per heavy atom. The van der Waals surface area contributed by atoms with Crippen molar-refractivity contribution < 1.29 is 0 Å². The lowest BCUT2D eigenvalue weighted by Crippen LogP contribution is -2.55. The van der Waals surface area contributed by atoms with E-state index in [2.05, 4.69) is 61.3 Å². The van der Waals surface area contributed by atoms with Gasteiger partial charge in [-0.25, -0.2) is 0 Å². The van der Waals surface area contributed by atoms with Crippen LogP contribution in [0.3, 0.4) is 0 Å². The monoisotopic (exact) mass is 286 g/mol. The molecule has 3 rings (SSSR count). The highest BCUT2D eigenvalue weighted by Crippen LogP contribution is 2.36. The molecule has 1 aliphatic heterocycles. The molecule has 1 aromatic rings. The van der Waals surface area contributed by atoms with Crippen molar-refractivity contribution in [3.8, 4) is 0 Å². The van der Waals surface area contributed by atoms with Gasteiger partial charge in [-0.2, -0.15) is 0 Å². The first kappa shape index (κ1) is 15.1. The molecule has 0 spiro atoms. The number of piperazine rings is 1. The van der Waals surface area contributed by atoms with Crippen molar-refractivity contribution in [2.75, 3.05) is 13.1 Å². The second-order valence-corrected chi connectivity index (χ2v) is 7.50. The van der Waals surface area contributed by atoms with Crippen LogP contribution in [0.15, 0.2) is 30.3 Å². The molecule has 1 saturated heterocycles. The molecule has 0 bridgehead atoms. The summed E-state index contributed by atoms with van der Waals surface area (Å²) in [6.45, 7) is 9.47. The number of nitrogens with zero attached hydrogens (tertiary/aromatic N) is 1. The summed E-state index contributed by atoms with van der Waals surface area (Å²) < 4.78 is 0. The zero-order chi connectivity index (χ0) is 14.8. The van der Waals surface area contributed by atoms with Gasteiger partial charge >= 0.3 is 0 Å². The molecule has 1 aromatic carbocycles. The third kappa shape index (κ3) is 3.49. The summed E-state index contributed by atoms with van der Waals surface area (Å²) in [6, 6.07) is 13.0. The largest absolute Gasteiger partial charge is 0.311 e. The summed E-state index contributed by atoms with van der Waals surface area (Å²) in [6.07, 6.45) is 4.16. The van der Waals surface area contributed by atoms with E-state index >= 15 is 0 Å². The van der Waals surface area contributed by atoms with Crippen molar-refractivity contribution in [2.24, 2.45) is 11.8 Å². The standard InChI is InChI=1S/C19H30N2/c1-14-9-15(2)11-18(10-14)21-13-16(3)20-12-19(21)17-7-5-4-6-8-17/h4-8,14-16,18-20H,9-13H2,1-3H3. The molecule has 4 unspecified atom stereocenters. The molecule has 1 saturated carbocycles. The van der Waals surface area contributed by atoms with E-state index in [-0.39, 0.29) is 0 Å². The van der Waals surface area contributed by atoms with E-state index in [0.29, 0.717) is 12.1 Å². The summed E-state index contributed by atoms with van der Waals surface area (Å²) in [4.78, 5) is 2.81. The molecule has 1 aliphatic carbocycles. The molecule has 2 fully saturated rings. The van der Waals surface area contributed by atoms with E-state index in [1.54, 1.807) is 0 Å². The molecule has 0 aromatic heterocycles. The van der Waals surface area contributed by atoms with Gasteiger partial charge in [-0.3, -0.25) is 4.90 Å². The van der Waals surface area contributed by atoms with E-state index in [1.807, 2.05) is 0 Å². The fourth-order valence-electron chi connectivity index (χ4n) is 4.50. The van der Waals surface area contributed by atoms with Crippen molar-refractivity contribution >= 4 is 0 Å². The second kappa shape index (κ2) is 6.50. The molecule has 1 N–H and O–H groups in total. The molecular weight excluding hydrogens is 256 g/mol. The second-order valence-electron chi connectivity index (χ2n) is 7.50. The maximum absolute atomic E-state index is 3.68. The number of rotatable bonds is 2. The minimum atomic E-state index is 0.546. The van der Waals surface area contributed by atoms with Crippen LogP contribution in [-0.2, 0) is 0 Å². The Kier molecular flexibility index (Phi) is 4.66. The highest BCUT2D eigenvalue weighted by atomic mass is 15.3. The van der Waals surface area contributed by atoms with Crippen LogP contribution >= 0.6 is 0 Å². The van der Waals surface area contributed by atoms with Crippen LogP contribution < -0.4 is 5.32 Å². The highest BCUT2D eigenvalue weighted by molar-refractivity contribution is 5.20. The normalized spacial score (nSPS) is 38.3. The predicted octanol–water partition coefficient (Wildman–Crippen LogP) is 3.85. The number of hydrogen-bond donors (Lipinski definition) is 1. The smallest absolute Gasteiger partial charge is 0.0476 e. The molecule has 21 heavy (non-hydrogen) atoms. The van der Waals surface area contributed by atoms with Crippen molar-refractivity contribution in [2.45, 2.75) is 58.2 Å². The van der Waals surface area contributed by atoms with Gasteiger partial charge in [0, 0.05) is 31.2 Å². The van der Waals surface area contributed by atoms with Crippen LogP contribution in [0.25, 0.3) is 0 Å². The van der Waals surface area contributed by atoms with Gasteiger partial charge in [-0.15, -0.1) is 0 Å². The van der Waals surface area contributed by atoms with Gasteiger partial charge in [0.25, 0.3) is 0 Å². The van der Waals surface area contributed by atoms with Crippen LogP contribution in [0.4, 0.5) is 0 Å². The van der Waals surface area contributed by atoms with E-state index in [1.165, 1.54) is 31.4 Å². The quantitative estimate of drug-likeness (QED) is 0.888. The fourth-order valence-corrected chi connectivity index (χ4v) is 4.50. The van der Waals surface area contributed by atoms with E-state index < -0.39 is 0 Å². The highest BCUT2D eigenvalue weighted by Gasteiger charge is 2.35. The maximum atomic E-state index is 3.68. The first-order valence-corrected chi connectivity index (χ1v) is 8.67. The van der Waals surface area contributed by atoms with Crippen molar-refractivity contribution in [3.05, 3.63) is 35.9 Å². The van der Waals surface area contributed by atoms with Crippen molar-refractivity contribution in [1.82, 2.24) is 10.2 Å². The lowest BCUT2D eigenvalue weighted by molar-refractivity contribution is 0.0402. The van der Waals surface area contributed by atoms with Crippen LogP contribution in [0.2, 0.25) is 0 Å². The summed E-state index contributed by atoms with van der Waals surface area (Å²) in [5.41, 5.74) is 1.47. The Morgan fingerprint density at radius 3 is 2.29 bits per heavy atom. The fraction of sp³-hybridized carbons (Fsp3) is 0.684. The van der Waals surface area contributed by atoms with Gasteiger partial charge in [0.05, 0.1) is 0 Å². The molecule has 2 heteroatoms. The maximum Gasteiger partial charge on any atom is 0.0476 e. The average Bonchev–Trinajstić information content (AvgIpc) is 2.47. The first-order valence-electron chi connectivity index (χ1n) is 8.67. The molecule has 4 atom stereocenters. The summed E-state index contributed by atoms with van der Waals surface area (Å²) >= 11 is 0. The summed E-state index contributed by atoms with van der Waals surface area (Å²) in [5, 5.41) is 3.68. The van der Waals surface area contributed by atoms with Crippen LogP contribution in [0.1, 0.15) is 51.6 Å². The minimum Gasteiger partial charge on any atom is -0.311 e.